The molecule has 0 unspecified atom stereocenters. The van der Waals surface area contributed by atoms with Gasteiger partial charge in [-0.15, -0.1) is 0 Å². The van der Waals surface area contributed by atoms with Gasteiger partial charge in [-0.05, 0) is 31.2 Å². The van der Waals surface area contributed by atoms with E-state index in [1.54, 1.807) is 19.1 Å². The first kappa shape index (κ1) is 23.7. The van der Waals surface area contributed by atoms with Crippen LogP contribution in [0.25, 0.3) is 11.3 Å². The van der Waals surface area contributed by atoms with E-state index in [2.05, 4.69) is 15.3 Å². The van der Waals surface area contributed by atoms with Crippen LogP contribution in [-0.2, 0) is 15.7 Å². The molecule has 0 spiro atoms. The number of rotatable bonds is 9. The first-order valence-electron chi connectivity index (χ1n) is 8.77. The Morgan fingerprint density at radius 2 is 1.83 bits per heavy atom. The summed E-state index contributed by atoms with van der Waals surface area (Å²) in [6, 6.07) is 5.28. The molecular formula is C19H22F3N3O4S. The molecule has 30 heavy (non-hydrogen) atoms. The van der Waals surface area contributed by atoms with Crippen molar-refractivity contribution in [2.24, 2.45) is 0 Å². The molecule has 0 saturated heterocycles. The summed E-state index contributed by atoms with van der Waals surface area (Å²) in [5, 5.41) is 2.51. The zero-order valence-electron chi connectivity index (χ0n) is 16.9. The maximum absolute atomic E-state index is 13.3. The molecule has 0 fully saturated rings. The number of thioether (sulfide) groups is 1. The van der Waals surface area contributed by atoms with Crippen LogP contribution in [0.1, 0.15) is 12.6 Å². The van der Waals surface area contributed by atoms with Crippen molar-refractivity contribution in [1.29, 1.82) is 0 Å². The molecule has 164 valence electrons. The van der Waals surface area contributed by atoms with E-state index in [1.165, 1.54) is 27.4 Å². The van der Waals surface area contributed by atoms with E-state index in [0.29, 0.717) is 23.7 Å². The van der Waals surface area contributed by atoms with Gasteiger partial charge >= 0.3 is 6.18 Å². The number of aromatic nitrogens is 2. The van der Waals surface area contributed by atoms with Crippen molar-refractivity contribution in [3.63, 3.8) is 0 Å². The highest BCUT2D eigenvalue weighted by Crippen LogP contribution is 2.35. The minimum atomic E-state index is -4.67. The molecule has 7 nitrogen and oxygen atoms in total. The molecule has 2 rings (SSSR count). The predicted molar refractivity (Wildman–Crippen MR) is 106 cm³/mol. The Hall–Kier alpha value is -2.53. The average molecular weight is 445 g/mol. The Bertz CT molecular complexity index is 881. The van der Waals surface area contributed by atoms with E-state index in [4.69, 9.17) is 14.2 Å². The van der Waals surface area contributed by atoms with Crippen molar-refractivity contribution in [2.75, 3.05) is 33.7 Å². The molecule has 1 aromatic carbocycles. The molecule has 0 bridgehead atoms. The summed E-state index contributed by atoms with van der Waals surface area (Å²) in [7, 11) is 4.38. The molecule has 1 heterocycles. The van der Waals surface area contributed by atoms with Gasteiger partial charge in [0, 0.05) is 18.7 Å². The Kier molecular flexibility index (Phi) is 8.30. The molecule has 0 aliphatic heterocycles. The summed E-state index contributed by atoms with van der Waals surface area (Å²) in [4.78, 5) is 19.7. The molecule has 0 aliphatic carbocycles. The maximum atomic E-state index is 13.3. The highest BCUT2D eigenvalue weighted by molar-refractivity contribution is 7.99. The number of alkyl halides is 3. The number of hydrogen-bond donors (Lipinski definition) is 1. The fraction of sp³-hybridized carbons (Fsp3) is 0.421. The van der Waals surface area contributed by atoms with Crippen LogP contribution in [0, 0.1) is 0 Å². The normalized spacial score (nSPS) is 12.4. The topological polar surface area (TPSA) is 82.6 Å². The highest BCUT2D eigenvalue weighted by Gasteiger charge is 2.34. The van der Waals surface area contributed by atoms with Crippen molar-refractivity contribution in [2.45, 2.75) is 24.3 Å². The molecule has 1 aromatic heterocycles. The third-order valence-corrected chi connectivity index (χ3v) is 4.68. The lowest BCUT2D eigenvalue weighted by Gasteiger charge is -2.13. The van der Waals surface area contributed by atoms with E-state index in [9.17, 15) is 18.0 Å². The van der Waals surface area contributed by atoms with E-state index in [1.807, 2.05) is 0 Å². The molecule has 1 amide bonds. The quantitative estimate of drug-likeness (QED) is 0.468. The predicted octanol–water partition coefficient (Wildman–Crippen LogP) is 3.42. The molecule has 2 aromatic rings. The highest BCUT2D eigenvalue weighted by atomic mass is 32.2. The second kappa shape index (κ2) is 10.5. The number of nitrogens with one attached hydrogen (secondary N) is 1. The van der Waals surface area contributed by atoms with E-state index in [0.717, 1.165) is 17.8 Å². The average Bonchev–Trinajstić information content (AvgIpc) is 2.71. The first-order chi connectivity index (χ1) is 14.2. The number of benzene rings is 1. The van der Waals surface area contributed by atoms with E-state index < -0.39 is 11.9 Å². The lowest BCUT2D eigenvalue weighted by Crippen LogP contribution is -2.36. The minimum Gasteiger partial charge on any atom is -0.493 e. The lowest BCUT2D eigenvalue weighted by molar-refractivity contribution is -0.141. The third kappa shape index (κ3) is 6.49. The number of amides is 1. The van der Waals surface area contributed by atoms with Crippen molar-refractivity contribution in [1.82, 2.24) is 15.3 Å². The number of carbonyl (C=O) groups excluding carboxylic acids is 1. The van der Waals surface area contributed by atoms with Gasteiger partial charge < -0.3 is 19.5 Å². The summed E-state index contributed by atoms with van der Waals surface area (Å²) in [6.45, 7) is 2.07. The maximum Gasteiger partial charge on any atom is 0.433 e. The Balaban J connectivity index is 2.31. The van der Waals surface area contributed by atoms with E-state index in [-0.39, 0.29) is 28.6 Å². The van der Waals surface area contributed by atoms with Gasteiger partial charge in [0.1, 0.15) is 5.69 Å². The minimum absolute atomic E-state index is 0.0499. The molecule has 0 aliphatic rings. The van der Waals surface area contributed by atoms with Crippen LogP contribution in [0.15, 0.2) is 29.4 Å². The molecular weight excluding hydrogens is 423 g/mol. The molecule has 11 heteroatoms. The van der Waals surface area contributed by atoms with Crippen LogP contribution in [0.5, 0.6) is 11.5 Å². The number of nitrogens with zero attached hydrogens (tertiary/aromatic N) is 2. The number of halogens is 3. The molecule has 1 atom stereocenters. The monoisotopic (exact) mass is 445 g/mol. The second-order valence-corrected chi connectivity index (χ2v) is 7.14. The number of carbonyl (C=O) groups is 1. The van der Waals surface area contributed by atoms with Crippen molar-refractivity contribution in [3.8, 4) is 22.8 Å². The zero-order chi connectivity index (χ0) is 22.3. The number of ether oxygens (including phenoxy) is 3. The largest absolute Gasteiger partial charge is 0.493 e. The van der Waals surface area contributed by atoms with Gasteiger partial charge in [-0.25, -0.2) is 9.97 Å². The van der Waals surface area contributed by atoms with Gasteiger partial charge in [-0.3, -0.25) is 4.79 Å². The Morgan fingerprint density at radius 3 is 2.43 bits per heavy atom. The fourth-order valence-corrected chi connectivity index (χ4v) is 3.19. The van der Waals surface area contributed by atoms with Gasteiger partial charge in [0.15, 0.2) is 16.7 Å². The van der Waals surface area contributed by atoms with Gasteiger partial charge in [0.2, 0.25) is 5.91 Å². The van der Waals surface area contributed by atoms with Gasteiger partial charge in [-0.1, -0.05) is 11.8 Å². The molecule has 1 N–H and O–H groups in total. The van der Waals surface area contributed by atoms with Crippen molar-refractivity contribution >= 4 is 17.7 Å². The zero-order valence-corrected chi connectivity index (χ0v) is 17.7. The Labute approximate surface area is 176 Å². The first-order valence-corrected chi connectivity index (χ1v) is 9.76. The summed E-state index contributed by atoms with van der Waals surface area (Å²) >= 11 is 0.814. The summed E-state index contributed by atoms with van der Waals surface area (Å²) in [5.41, 5.74) is -0.660. The van der Waals surface area contributed by atoms with Gasteiger partial charge in [-0.2, -0.15) is 13.2 Å². The molecule has 0 radical (unpaired) electrons. The third-order valence-electron chi connectivity index (χ3n) is 3.83. The molecule has 0 saturated carbocycles. The van der Waals surface area contributed by atoms with E-state index >= 15 is 0 Å². The van der Waals surface area contributed by atoms with Crippen LogP contribution in [0.2, 0.25) is 0 Å². The fourth-order valence-electron chi connectivity index (χ4n) is 2.52. The van der Waals surface area contributed by atoms with Gasteiger partial charge in [0.25, 0.3) is 0 Å². The van der Waals surface area contributed by atoms with Crippen LogP contribution < -0.4 is 14.8 Å². The van der Waals surface area contributed by atoms with Crippen molar-refractivity contribution < 1.29 is 32.2 Å². The van der Waals surface area contributed by atoms with Crippen LogP contribution in [0.3, 0.4) is 0 Å². The second-order valence-electron chi connectivity index (χ2n) is 6.20. The summed E-state index contributed by atoms with van der Waals surface area (Å²) in [6.07, 6.45) is -4.67. The van der Waals surface area contributed by atoms with Crippen LogP contribution in [0.4, 0.5) is 13.2 Å². The Morgan fingerprint density at radius 1 is 1.13 bits per heavy atom. The van der Waals surface area contributed by atoms with Crippen LogP contribution >= 0.6 is 11.8 Å². The van der Waals surface area contributed by atoms with Gasteiger partial charge in [0.05, 0.1) is 32.3 Å². The lowest BCUT2D eigenvalue weighted by atomic mass is 10.1. The SMILES string of the molecule is COC[C@H](C)NC(=O)CSc1nc(-c2ccc(OC)c(OC)c2)cc(C(F)(F)F)n1. The standard InChI is InChI=1S/C19H22F3N3O4S/c1-11(9-27-2)23-17(26)10-30-18-24-13(8-16(25-18)19(20,21)22)12-5-6-14(28-3)15(7-12)29-4/h5-8,11H,9-10H2,1-4H3,(H,23,26)/t11-/m0/s1. The summed E-state index contributed by atoms with van der Waals surface area (Å²) in [5.74, 6) is 0.282. The number of hydrogen-bond acceptors (Lipinski definition) is 7. The summed E-state index contributed by atoms with van der Waals surface area (Å²) < 4.78 is 55.3. The van der Waals surface area contributed by atoms with Crippen molar-refractivity contribution in [3.05, 3.63) is 30.0 Å². The number of methoxy groups -OCH3 is 3. The van der Waals surface area contributed by atoms with Crippen LogP contribution in [-0.4, -0.2) is 55.6 Å². The smallest absolute Gasteiger partial charge is 0.433 e.